The van der Waals surface area contributed by atoms with Crippen LogP contribution < -0.4 is 10.6 Å². The lowest BCUT2D eigenvalue weighted by Gasteiger charge is -2.13. The molecule has 0 saturated carbocycles. The maximum Gasteiger partial charge on any atom is 0.117 e. The van der Waals surface area contributed by atoms with Gasteiger partial charge in [-0.1, -0.05) is 6.07 Å². The van der Waals surface area contributed by atoms with E-state index in [9.17, 15) is 5.11 Å². The number of anilines is 1. The van der Waals surface area contributed by atoms with Gasteiger partial charge in [0.15, 0.2) is 0 Å². The molecule has 3 N–H and O–H groups in total. The molecule has 1 aromatic carbocycles. The number of benzene rings is 1. The van der Waals surface area contributed by atoms with Gasteiger partial charge in [-0.2, -0.15) is 0 Å². The highest BCUT2D eigenvalue weighted by molar-refractivity contribution is 5.48. The smallest absolute Gasteiger partial charge is 0.117 e. The SMILES string of the molecule is Oc1cccc(NC2CCCN2)c1. The van der Waals surface area contributed by atoms with Gasteiger partial charge >= 0.3 is 0 Å². The fourth-order valence-electron chi connectivity index (χ4n) is 1.60. The molecule has 1 atom stereocenters. The average Bonchev–Trinajstić information content (AvgIpc) is 2.57. The Hall–Kier alpha value is -1.22. The Morgan fingerprint density at radius 1 is 1.46 bits per heavy atom. The highest BCUT2D eigenvalue weighted by atomic mass is 16.3. The molecule has 0 bridgehead atoms. The van der Waals surface area contributed by atoms with Crippen LogP contribution in [0.2, 0.25) is 0 Å². The summed E-state index contributed by atoms with van der Waals surface area (Å²) in [5.74, 6) is 0.308. The third-order valence-corrected chi connectivity index (χ3v) is 2.25. The maximum absolute atomic E-state index is 9.23. The molecule has 0 aromatic heterocycles. The van der Waals surface area contributed by atoms with E-state index in [-0.39, 0.29) is 0 Å². The molecule has 1 unspecified atom stereocenters. The maximum atomic E-state index is 9.23. The number of phenols is 1. The number of nitrogens with one attached hydrogen (secondary N) is 2. The summed E-state index contributed by atoms with van der Waals surface area (Å²) in [5.41, 5.74) is 0.972. The summed E-state index contributed by atoms with van der Waals surface area (Å²) in [6.45, 7) is 1.08. The molecule has 0 radical (unpaired) electrons. The highest BCUT2D eigenvalue weighted by Crippen LogP contribution is 2.17. The van der Waals surface area contributed by atoms with Gasteiger partial charge in [-0.25, -0.2) is 0 Å². The van der Waals surface area contributed by atoms with Gasteiger partial charge in [0.2, 0.25) is 0 Å². The van der Waals surface area contributed by atoms with E-state index in [0.717, 1.165) is 18.7 Å². The van der Waals surface area contributed by atoms with Gasteiger partial charge < -0.3 is 10.4 Å². The normalized spacial score (nSPS) is 21.7. The molecule has 1 aromatic rings. The molecule has 1 aliphatic heterocycles. The molecule has 3 heteroatoms. The lowest BCUT2D eigenvalue weighted by molar-refractivity contribution is 0.475. The Morgan fingerprint density at radius 3 is 3.08 bits per heavy atom. The first-order valence-corrected chi connectivity index (χ1v) is 4.63. The first-order chi connectivity index (χ1) is 6.34. The van der Waals surface area contributed by atoms with Crippen molar-refractivity contribution in [2.24, 2.45) is 0 Å². The monoisotopic (exact) mass is 178 g/mol. The van der Waals surface area contributed by atoms with Crippen LogP contribution in [-0.2, 0) is 0 Å². The summed E-state index contributed by atoms with van der Waals surface area (Å²) < 4.78 is 0. The average molecular weight is 178 g/mol. The van der Waals surface area contributed by atoms with Crippen molar-refractivity contribution in [1.29, 1.82) is 0 Å². The van der Waals surface area contributed by atoms with Crippen LogP contribution >= 0.6 is 0 Å². The number of hydrogen-bond acceptors (Lipinski definition) is 3. The van der Waals surface area contributed by atoms with Crippen molar-refractivity contribution in [1.82, 2.24) is 5.32 Å². The molecular formula is C10H14N2O. The molecule has 0 aliphatic carbocycles. The minimum absolute atomic E-state index is 0.308. The Morgan fingerprint density at radius 2 is 2.38 bits per heavy atom. The predicted octanol–water partition coefficient (Wildman–Crippen LogP) is 1.51. The van der Waals surface area contributed by atoms with E-state index < -0.39 is 0 Å². The van der Waals surface area contributed by atoms with Crippen LogP contribution in [0, 0.1) is 0 Å². The fraction of sp³-hybridized carbons (Fsp3) is 0.400. The predicted molar refractivity (Wildman–Crippen MR) is 52.8 cm³/mol. The van der Waals surface area contributed by atoms with Gasteiger partial charge in [-0.05, 0) is 31.5 Å². The molecule has 0 spiro atoms. The second-order valence-electron chi connectivity index (χ2n) is 3.34. The molecule has 1 fully saturated rings. The highest BCUT2D eigenvalue weighted by Gasteiger charge is 2.12. The topological polar surface area (TPSA) is 44.3 Å². The quantitative estimate of drug-likeness (QED) is 0.643. The van der Waals surface area contributed by atoms with Gasteiger partial charge in [0, 0.05) is 11.8 Å². The van der Waals surface area contributed by atoms with Crippen LogP contribution in [0.5, 0.6) is 5.75 Å². The lowest BCUT2D eigenvalue weighted by Crippen LogP contribution is -2.29. The number of phenolic OH excluding ortho intramolecular Hbond substituents is 1. The summed E-state index contributed by atoms with van der Waals surface area (Å²) in [7, 11) is 0. The van der Waals surface area contributed by atoms with Crippen molar-refractivity contribution in [3.05, 3.63) is 24.3 Å². The summed E-state index contributed by atoms with van der Waals surface area (Å²) in [5, 5.41) is 15.9. The lowest BCUT2D eigenvalue weighted by atomic mass is 10.2. The van der Waals surface area contributed by atoms with Crippen LogP contribution in [0.3, 0.4) is 0 Å². The summed E-state index contributed by atoms with van der Waals surface area (Å²) in [6.07, 6.45) is 2.73. The standard InChI is InChI=1S/C10H14N2O/c13-9-4-1-3-8(7-9)12-10-5-2-6-11-10/h1,3-4,7,10-13H,2,5-6H2. The van der Waals surface area contributed by atoms with Gasteiger partial charge in [-0.3, -0.25) is 5.32 Å². The Kier molecular flexibility index (Phi) is 2.36. The summed E-state index contributed by atoms with van der Waals surface area (Å²) in [4.78, 5) is 0. The van der Waals surface area contributed by atoms with Crippen LogP contribution in [0.1, 0.15) is 12.8 Å². The molecule has 13 heavy (non-hydrogen) atoms. The van der Waals surface area contributed by atoms with Crippen molar-refractivity contribution in [3.63, 3.8) is 0 Å². The largest absolute Gasteiger partial charge is 0.508 e. The second kappa shape index (κ2) is 3.66. The first-order valence-electron chi connectivity index (χ1n) is 4.63. The van der Waals surface area contributed by atoms with Crippen molar-refractivity contribution >= 4 is 5.69 Å². The van der Waals surface area contributed by atoms with Gasteiger partial charge in [0.25, 0.3) is 0 Å². The molecule has 1 saturated heterocycles. The first kappa shape index (κ1) is 8.38. The van der Waals surface area contributed by atoms with E-state index >= 15 is 0 Å². The van der Waals surface area contributed by atoms with E-state index in [4.69, 9.17) is 0 Å². The summed E-state index contributed by atoms with van der Waals surface area (Å²) >= 11 is 0. The van der Waals surface area contributed by atoms with Gasteiger partial charge in [-0.15, -0.1) is 0 Å². The minimum Gasteiger partial charge on any atom is -0.508 e. The van der Waals surface area contributed by atoms with Crippen LogP contribution in [0.15, 0.2) is 24.3 Å². The van der Waals surface area contributed by atoms with E-state index in [2.05, 4.69) is 10.6 Å². The number of aromatic hydroxyl groups is 1. The Bertz CT molecular complexity index is 282. The molecule has 3 nitrogen and oxygen atoms in total. The minimum atomic E-state index is 0.308. The van der Waals surface area contributed by atoms with Gasteiger partial charge in [0.05, 0.1) is 6.17 Å². The summed E-state index contributed by atoms with van der Waals surface area (Å²) in [6, 6.07) is 7.21. The van der Waals surface area contributed by atoms with Crippen LogP contribution in [-0.4, -0.2) is 17.8 Å². The molecule has 0 amide bonds. The fourth-order valence-corrected chi connectivity index (χ4v) is 1.60. The van der Waals surface area contributed by atoms with Crippen molar-refractivity contribution in [2.45, 2.75) is 19.0 Å². The van der Waals surface area contributed by atoms with Crippen molar-refractivity contribution in [2.75, 3.05) is 11.9 Å². The second-order valence-corrected chi connectivity index (χ2v) is 3.34. The van der Waals surface area contributed by atoms with E-state index in [1.54, 1.807) is 12.1 Å². The third kappa shape index (κ3) is 2.12. The van der Waals surface area contributed by atoms with E-state index in [0.29, 0.717) is 11.9 Å². The van der Waals surface area contributed by atoms with Crippen LogP contribution in [0.25, 0.3) is 0 Å². The number of rotatable bonds is 2. The number of hydrogen-bond donors (Lipinski definition) is 3. The Balaban J connectivity index is 2.00. The molecule has 1 heterocycles. The van der Waals surface area contributed by atoms with E-state index in [1.807, 2.05) is 12.1 Å². The van der Waals surface area contributed by atoms with Crippen molar-refractivity contribution in [3.8, 4) is 5.75 Å². The zero-order valence-corrected chi connectivity index (χ0v) is 7.46. The molecular weight excluding hydrogens is 164 g/mol. The van der Waals surface area contributed by atoms with Crippen LogP contribution in [0.4, 0.5) is 5.69 Å². The zero-order chi connectivity index (χ0) is 9.10. The third-order valence-electron chi connectivity index (χ3n) is 2.25. The molecule has 70 valence electrons. The zero-order valence-electron chi connectivity index (χ0n) is 7.46. The Labute approximate surface area is 77.8 Å². The van der Waals surface area contributed by atoms with E-state index in [1.165, 1.54) is 6.42 Å². The van der Waals surface area contributed by atoms with Crippen molar-refractivity contribution < 1.29 is 5.11 Å². The molecule has 2 rings (SSSR count). The van der Waals surface area contributed by atoms with Gasteiger partial charge in [0.1, 0.15) is 5.75 Å². The molecule has 1 aliphatic rings.